The molecule has 1 amide bonds. The smallest absolute Gasteiger partial charge is 0.223 e. The monoisotopic (exact) mass is 359 g/mol. The van der Waals surface area contributed by atoms with Crippen LogP contribution in [0, 0.1) is 5.92 Å². The Morgan fingerprint density at radius 2 is 1.95 bits per heavy atom. The molecule has 0 saturated carbocycles. The second-order valence-corrected chi connectivity index (χ2v) is 7.83. The van der Waals surface area contributed by atoms with Crippen LogP contribution in [0.4, 0.5) is 0 Å². The fourth-order valence-corrected chi connectivity index (χ4v) is 3.97. The second kappa shape index (κ2) is 10.4. The Balaban J connectivity index is 2.35. The Morgan fingerprint density at radius 3 is 2.55 bits per heavy atom. The molecule has 0 aliphatic carbocycles. The van der Waals surface area contributed by atoms with E-state index >= 15 is 0 Å². The molecule has 0 aliphatic rings. The largest absolute Gasteiger partial charge is 0.359 e. The summed E-state index contributed by atoms with van der Waals surface area (Å²) in [7, 11) is 1.74. The number of carbonyl (C=O) groups excluding carboxylic acids is 1. The molecule has 1 heterocycles. The molecule has 2 nitrogen and oxygen atoms in total. The molecule has 0 aromatic carbocycles. The molecule has 1 atom stereocenters. The summed E-state index contributed by atoms with van der Waals surface area (Å²) in [4.78, 5) is 13.3. The van der Waals surface area contributed by atoms with Gasteiger partial charge < -0.3 is 5.32 Å². The molecule has 114 valence electrons. The molecule has 0 radical (unpaired) electrons. The summed E-state index contributed by atoms with van der Waals surface area (Å²) in [6, 6.07) is 4.18. The summed E-state index contributed by atoms with van der Waals surface area (Å²) in [5.41, 5.74) is 0. The fourth-order valence-electron chi connectivity index (χ4n) is 2.41. The minimum absolute atomic E-state index is 0.122. The van der Waals surface area contributed by atoms with Gasteiger partial charge in [-0.2, -0.15) is 0 Å². The second-order valence-electron chi connectivity index (χ2n) is 5.28. The van der Waals surface area contributed by atoms with Gasteiger partial charge in [0.15, 0.2) is 0 Å². The Labute approximate surface area is 135 Å². The lowest BCUT2D eigenvalue weighted by molar-refractivity contribution is -0.124. The van der Waals surface area contributed by atoms with Crippen LogP contribution in [0.25, 0.3) is 0 Å². The lowest BCUT2D eigenvalue weighted by atomic mass is 9.95. The Hall–Kier alpha value is -0.350. The van der Waals surface area contributed by atoms with Gasteiger partial charge >= 0.3 is 0 Å². The van der Waals surface area contributed by atoms with Crippen molar-refractivity contribution in [3.63, 3.8) is 0 Å². The number of thiophene rings is 1. The Bertz CT molecular complexity index is 392. The van der Waals surface area contributed by atoms with Crippen molar-refractivity contribution in [1.29, 1.82) is 0 Å². The highest BCUT2D eigenvalue weighted by molar-refractivity contribution is 9.11. The molecule has 1 aromatic rings. The number of nitrogens with one attached hydrogen (secondary N) is 1. The van der Waals surface area contributed by atoms with Gasteiger partial charge in [0, 0.05) is 17.8 Å². The van der Waals surface area contributed by atoms with Crippen LogP contribution in [0.5, 0.6) is 0 Å². The number of unbranched alkanes of at least 4 members (excludes halogenated alkanes) is 5. The van der Waals surface area contributed by atoms with Gasteiger partial charge in [0.2, 0.25) is 5.91 Å². The predicted octanol–water partition coefficient (Wildman–Crippen LogP) is 5.17. The van der Waals surface area contributed by atoms with Crippen LogP contribution in [0.2, 0.25) is 0 Å². The summed E-state index contributed by atoms with van der Waals surface area (Å²) >= 11 is 5.21. The van der Waals surface area contributed by atoms with E-state index in [0.29, 0.717) is 0 Å². The first-order valence-electron chi connectivity index (χ1n) is 7.63. The summed E-state index contributed by atoms with van der Waals surface area (Å²) in [6.45, 7) is 2.24. The average molecular weight is 360 g/mol. The zero-order valence-corrected chi connectivity index (χ0v) is 15.0. The average Bonchev–Trinajstić information content (AvgIpc) is 2.85. The van der Waals surface area contributed by atoms with Crippen molar-refractivity contribution in [1.82, 2.24) is 5.32 Å². The fraction of sp³-hybridized carbons (Fsp3) is 0.688. The van der Waals surface area contributed by atoms with Gasteiger partial charge in [-0.1, -0.05) is 45.4 Å². The van der Waals surface area contributed by atoms with Gasteiger partial charge in [-0.3, -0.25) is 4.79 Å². The Kier molecular flexibility index (Phi) is 9.19. The third kappa shape index (κ3) is 6.89. The lowest BCUT2D eigenvalue weighted by Gasteiger charge is -2.14. The normalized spacial score (nSPS) is 12.3. The van der Waals surface area contributed by atoms with E-state index in [2.05, 4.69) is 40.3 Å². The van der Waals surface area contributed by atoms with Crippen molar-refractivity contribution < 1.29 is 4.79 Å². The first-order chi connectivity index (χ1) is 9.67. The minimum Gasteiger partial charge on any atom is -0.359 e. The molecule has 1 rings (SSSR count). The summed E-state index contributed by atoms with van der Waals surface area (Å²) in [5.74, 6) is 0.305. The molecule has 20 heavy (non-hydrogen) atoms. The molecule has 0 spiro atoms. The molecular weight excluding hydrogens is 334 g/mol. The van der Waals surface area contributed by atoms with Crippen LogP contribution in [0.1, 0.15) is 56.7 Å². The molecule has 0 aliphatic heterocycles. The number of carbonyl (C=O) groups is 1. The van der Waals surface area contributed by atoms with E-state index in [9.17, 15) is 4.79 Å². The zero-order valence-electron chi connectivity index (χ0n) is 12.6. The number of halogens is 1. The molecule has 1 N–H and O–H groups in total. The van der Waals surface area contributed by atoms with Crippen molar-refractivity contribution in [2.75, 3.05) is 7.05 Å². The first-order valence-corrected chi connectivity index (χ1v) is 9.24. The van der Waals surface area contributed by atoms with E-state index in [-0.39, 0.29) is 11.8 Å². The predicted molar refractivity (Wildman–Crippen MR) is 91.3 cm³/mol. The van der Waals surface area contributed by atoms with Gasteiger partial charge in [0.1, 0.15) is 0 Å². The highest BCUT2D eigenvalue weighted by atomic mass is 79.9. The third-order valence-corrected chi connectivity index (χ3v) is 5.25. The molecule has 1 unspecified atom stereocenters. The van der Waals surface area contributed by atoms with Gasteiger partial charge in [0.25, 0.3) is 0 Å². The van der Waals surface area contributed by atoms with E-state index in [4.69, 9.17) is 0 Å². The molecule has 0 saturated heterocycles. The topological polar surface area (TPSA) is 29.1 Å². The van der Waals surface area contributed by atoms with E-state index < -0.39 is 0 Å². The van der Waals surface area contributed by atoms with E-state index in [1.54, 1.807) is 18.4 Å². The maximum absolute atomic E-state index is 12.0. The quantitative estimate of drug-likeness (QED) is 0.573. The lowest BCUT2D eigenvalue weighted by Crippen LogP contribution is -2.28. The van der Waals surface area contributed by atoms with Crippen molar-refractivity contribution >= 4 is 33.2 Å². The summed E-state index contributed by atoms with van der Waals surface area (Å²) in [5, 5.41) is 2.81. The third-order valence-electron chi connectivity index (χ3n) is 3.60. The number of hydrogen-bond acceptors (Lipinski definition) is 2. The molecule has 0 fully saturated rings. The number of rotatable bonds is 10. The van der Waals surface area contributed by atoms with Crippen molar-refractivity contribution in [2.24, 2.45) is 5.92 Å². The number of amides is 1. The van der Waals surface area contributed by atoms with Crippen LogP contribution in [-0.2, 0) is 11.2 Å². The van der Waals surface area contributed by atoms with Crippen molar-refractivity contribution in [3.8, 4) is 0 Å². The van der Waals surface area contributed by atoms with Gasteiger partial charge in [0.05, 0.1) is 3.79 Å². The van der Waals surface area contributed by atoms with Crippen molar-refractivity contribution in [2.45, 2.75) is 58.3 Å². The molecule has 0 bridgehead atoms. The van der Waals surface area contributed by atoms with Gasteiger partial charge in [-0.15, -0.1) is 11.3 Å². The van der Waals surface area contributed by atoms with Crippen LogP contribution >= 0.6 is 27.3 Å². The minimum atomic E-state index is 0.122. The van der Waals surface area contributed by atoms with Gasteiger partial charge in [-0.05, 0) is 40.9 Å². The maximum atomic E-state index is 12.0. The van der Waals surface area contributed by atoms with Crippen LogP contribution in [0.3, 0.4) is 0 Å². The SMILES string of the molecule is CCCCCCCCC(Cc1ccc(Br)s1)C(=O)NC. The molecule has 4 heteroatoms. The Morgan fingerprint density at radius 1 is 1.25 bits per heavy atom. The van der Waals surface area contributed by atoms with Crippen LogP contribution < -0.4 is 5.32 Å². The van der Waals surface area contributed by atoms with Crippen LogP contribution in [0.15, 0.2) is 15.9 Å². The maximum Gasteiger partial charge on any atom is 0.223 e. The standard InChI is InChI=1S/C16H26BrNOS/c1-3-4-5-6-7-8-9-13(16(19)18-2)12-14-10-11-15(17)20-14/h10-11,13H,3-9,12H2,1-2H3,(H,18,19). The van der Waals surface area contributed by atoms with Gasteiger partial charge in [-0.25, -0.2) is 0 Å². The van der Waals surface area contributed by atoms with Crippen LogP contribution in [-0.4, -0.2) is 13.0 Å². The van der Waals surface area contributed by atoms with E-state index in [1.165, 1.54) is 37.0 Å². The summed E-state index contributed by atoms with van der Waals surface area (Å²) < 4.78 is 1.14. The zero-order chi connectivity index (χ0) is 14.8. The first kappa shape index (κ1) is 17.7. The molecular formula is C16H26BrNOS. The van der Waals surface area contributed by atoms with E-state index in [0.717, 1.165) is 23.0 Å². The number of hydrogen-bond donors (Lipinski definition) is 1. The molecule has 1 aromatic heterocycles. The van der Waals surface area contributed by atoms with E-state index in [1.807, 2.05) is 0 Å². The van der Waals surface area contributed by atoms with Crippen molar-refractivity contribution in [3.05, 3.63) is 20.8 Å². The highest BCUT2D eigenvalue weighted by Gasteiger charge is 2.18. The highest BCUT2D eigenvalue weighted by Crippen LogP contribution is 2.26. The summed E-state index contributed by atoms with van der Waals surface area (Å²) in [6.07, 6.45) is 9.54.